The third-order valence-electron chi connectivity index (χ3n) is 4.42. The van der Waals surface area contributed by atoms with Crippen LogP contribution < -0.4 is 5.32 Å². The summed E-state index contributed by atoms with van der Waals surface area (Å²) in [6, 6.07) is 9.64. The number of likely N-dealkylation sites (tertiary alicyclic amines) is 1. The number of aromatic nitrogens is 1. The molecule has 2 heterocycles. The number of nitrogens with zero attached hydrogens (tertiary/aromatic N) is 2. The lowest BCUT2D eigenvalue weighted by Crippen LogP contribution is -2.42. The van der Waals surface area contributed by atoms with Gasteiger partial charge in [-0.05, 0) is 31.8 Å². The first-order valence-electron chi connectivity index (χ1n) is 8.49. The summed E-state index contributed by atoms with van der Waals surface area (Å²) in [5.74, 6) is -0.0307. The first-order chi connectivity index (χ1) is 12.4. The predicted octanol–water partition coefficient (Wildman–Crippen LogP) is 3.81. The van der Waals surface area contributed by atoms with Gasteiger partial charge in [-0.3, -0.25) is 9.69 Å². The molecule has 0 aliphatic carbocycles. The zero-order chi connectivity index (χ0) is 18.6. The molecule has 2 aromatic rings. The summed E-state index contributed by atoms with van der Waals surface area (Å²) in [4.78, 5) is 18.0. The van der Waals surface area contributed by atoms with E-state index in [4.69, 9.17) is 0 Å². The Labute approximate surface area is 154 Å². The quantitative estimate of drug-likeness (QED) is 0.854. The maximum absolute atomic E-state index is 12.4. The zero-order valence-electron chi connectivity index (χ0n) is 14.1. The molecule has 1 aromatic carbocycles. The number of nitrogens with one attached hydrogen (secondary N) is 1. The van der Waals surface area contributed by atoms with Crippen LogP contribution in [0.15, 0.2) is 35.7 Å². The van der Waals surface area contributed by atoms with Crippen molar-refractivity contribution >= 4 is 17.2 Å². The summed E-state index contributed by atoms with van der Waals surface area (Å²) in [6.07, 6.45) is -2.84. The van der Waals surface area contributed by atoms with Gasteiger partial charge in [0.05, 0.1) is 6.54 Å². The second-order valence-electron chi connectivity index (χ2n) is 6.45. The van der Waals surface area contributed by atoms with Crippen LogP contribution in [0, 0.1) is 5.92 Å². The minimum Gasteiger partial charge on any atom is -0.350 e. The fraction of sp³-hybridized carbons (Fsp3) is 0.444. The van der Waals surface area contributed by atoms with Crippen molar-refractivity contribution in [2.75, 3.05) is 26.2 Å². The van der Waals surface area contributed by atoms with Crippen molar-refractivity contribution in [3.05, 3.63) is 41.4 Å². The number of amides is 1. The van der Waals surface area contributed by atoms with Crippen LogP contribution in [0.25, 0.3) is 10.6 Å². The molecule has 1 amide bonds. The molecule has 1 fully saturated rings. The van der Waals surface area contributed by atoms with Crippen molar-refractivity contribution < 1.29 is 18.0 Å². The number of halogens is 3. The van der Waals surface area contributed by atoms with Crippen molar-refractivity contribution in [3.8, 4) is 10.6 Å². The summed E-state index contributed by atoms with van der Waals surface area (Å²) in [7, 11) is 0. The number of carbonyl (C=O) groups excluding carboxylic acids is 1. The lowest BCUT2D eigenvalue weighted by Gasteiger charge is -2.32. The summed E-state index contributed by atoms with van der Waals surface area (Å²) in [6.45, 7) is 0.438. The largest absolute Gasteiger partial charge is 0.401 e. The molecule has 1 aliphatic rings. The lowest BCUT2D eigenvalue weighted by molar-refractivity contribution is -0.148. The van der Waals surface area contributed by atoms with Crippen LogP contribution in [-0.4, -0.2) is 48.1 Å². The normalized spacial score (nSPS) is 16.6. The van der Waals surface area contributed by atoms with Crippen LogP contribution in [0.5, 0.6) is 0 Å². The maximum atomic E-state index is 12.4. The molecule has 0 atom stereocenters. The van der Waals surface area contributed by atoms with E-state index >= 15 is 0 Å². The van der Waals surface area contributed by atoms with Crippen molar-refractivity contribution in [2.45, 2.75) is 19.0 Å². The van der Waals surface area contributed by atoms with Gasteiger partial charge in [-0.1, -0.05) is 30.3 Å². The first kappa shape index (κ1) is 18.8. The number of benzene rings is 1. The molecule has 4 nitrogen and oxygen atoms in total. The van der Waals surface area contributed by atoms with Crippen LogP contribution >= 0.6 is 11.3 Å². The first-order valence-corrected chi connectivity index (χ1v) is 9.37. The molecule has 1 aliphatic heterocycles. The minimum atomic E-state index is -4.15. The van der Waals surface area contributed by atoms with Crippen molar-refractivity contribution in [3.63, 3.8) is 0 Å². The molecular weight excluding hydrogens is 363 g/mol. The van der Waals surface area contributed by atoms with Gasteiger partial charge < -0.3 is 5.32 Å². The predicted molar refractivity (Wildman–Crippen MR) is 95.1 cm³/mol. The molecule has 1 N–H and O–H groups in total. The number of thiazole rings is 1. The van der Waals surface area contributed by atoms with Crippen LogP contribution in [0.4, 0.5) is 13.2 Å². The van der Waals surface area contributed by atoms with E-state index in [-0.39, 0.29) is 11.8 Å². The molecule has 0 spiro atoms. The van der Waals surface area contributed by atoms with Gasteiger partial charge in [-0.15, -0.1) is 11.3 Å². The molecule has 140 valence electrons. The highest BCUT2D eigenvalue weighted by Gasteiger charge is 2.32. The number of alkyl halides is 3. The third kappa shape index (κ3) is 5.28. The summed E-state index contributed by atoms with van der Waals surface area (Å²) >= 11 is 1.41. The Morgan fingerprint density at radius 1 is 1.23 bits per heavy atom. The summed E-state index contributed by atoms with van der Waals surface area (Å²) < 4.78 is 37.2. The van der Waals surface area contributed by atoms with Gasteiger partial charge in [0.15, 0.2) is 0 Å². The zero-order valence-corrected chi connectivity index (χ0v) is 14.9. The van der Waals surface area contributed by atoms with Gasteiger partial charge in [0.25, 0.3) is 5.91 Å². The van der Waals surface area contributed by atoms with Crippen LogP contribution in [0.3, 0.4) is 0 Å². The van der Waals surface area contributed by atoms with E-state index in [0.29, 0.717) is 38.2 Å². The maximum Gasteiger partial charge on any atom is 0.401 e. The summed E-state index contributed by atoms with van der Waals surface area (Å²) in [5, 5.41) is 5.37. The topological polar surface area (TPSA) is 45.2 Å². The molecule has 8 heteroatoms. The van der Waals surface area contributed by atoms with Gasteiger partial charge in [0, 0.05) is 17.5 Å². The van der Waals surface area contributed by atoms with E-state index in [1.807, 2.05) is 30.3 Å². The molecule has 1 saturated heterocycles. The smallest absolute Gasteiger partial charge is 0.350 e. The Hall–Kier alpha value is -1.93. The second-order valence-corrected chi connectivity index (χ2v) is 7.31. The summed E-state index contributed by atoms with van der Waals surface area (Å²) in [5.41, 5.74) is 1.34. The van der Waals surface area contributed by atoms with E-state index < -0.39 is 12.7 Å². The molecule has 0 bridgehead atoms. The molecule has 0 saturated carbocycles. The Balaban J connectivity index is 1.46. The number of rotatable bonds is 5. The van der Waals surface area contributed by atoms with Gasteiger partial charge in [-0.25, -0.2) is 4.98 Å². The Bertz CT molecular complexity index is 725. The Kier molecular flexibility index (Phi) is 5.93. The second kappa shape index (κ2) is 8.18. The standard InChI is InChI=1S/C18H20F3N3OS/c19-18(20,21)12-24-8-6-13(7-9-24)10-22-16(25)15-11-26-17(23-15)14-4-2-1-3-5-14/h1-5,11,13H,6-10,12H2,(H,22,25). The highest BCUT2D eigenvalue weighted by atomic mass is 32.1. The minimum absolute atomic E-state index is 0.204. The molecule has 26 heavy (non-hydrogen) atoms. The average molecular weight is 383 g/mol. The van der Waals surface area contributed by atoms with Gasteiger partial charge in [-0.2, -0.15) is 13.2 Å². The number of carbonyl (C=O) groups is 1. The number of hydrogen-bond acceptors (Lipinski definition) is 4. The molecular formula is C18H20F3N3OS. The van der Waals surface area contributed by atoms with Crippen molar-refractivity contribution in [2.24, 2.45) is 5.92 Å². The van der Waals surface area contributed by atoms with Gasteiger partial charge >= 0.3 is 6.18 Å². The number of piperidine rings is 1. The lowest BCUT2D eigenvalue weighted by atomic mass is 9.97. The van der Waals surface area contributed by atoms with Crippen LogP contribution in [-0.2, 0) is 0 Å². The van der Waals surface area contributed by atoms with Gasteiger partial charge in [0.1, 0.15) is 10.7 Å². The monoisotopic (exact) mass is 383 g/mol. The van der Waals surface area contributed by atoms with E-state index in [9.17, 15) is 18.0 Å². The van der Waals surface area contributed by atoms with Crippen LogP contribution in [0.2, 0.25) is 0 Å². The van der Waals surface area contributed by atoms with Crippen molar-refractivity contribution in [1.82, 2.24) is 15.2 Å². The van der Waals surface area contributed by atoms with E-state index in [1.165, 1.54) is 16.2 Å². The highest BCUT2D eigenvalue weighted by molar-refractivity contribution is 7.13. The van der Waals surface area contributed by atoms with E-state index in [2.05, 4.69) is 10.3 Å². The fourth-order valence-corrected chi connectivity index (χ4v) is 3.83. The third-order valence-corrected chi connectivity index (χ3v) is 5.31. The van der Waals surface area contributed by atoms with Gasteiger partial charge in [0.2, 0.25) is 0 Å². The van der Waals surface area contributed by atoms with Crippen LogP contribution in [0.1, 0.15) is 23.3 Å². The van der Waals surface area contributed by atoms with E-state index in [0.717, 1.165) is 10.6 Å². The molecule has 0 unspecified atom stereocenters. The average Bonchev–Trinajstić information content (AvgIpc) is 3.10. The molecule has 1 aromatic heterocycles. The molecule has 0 radical (unpaired) electrons. The SMILES string of the molecule is O=C(NCC1CCN(CC(F)(F)F)CC1)c1csc(-c2ccccc2)n1. The van der Waals surface area contributed by atoms with Crippen molar-refractivity contribution in [1.29, 1.82) is 0 Å². The Morgan fingerprint density at radius 2 is 1.92 bits per heavy atom. The molecule has 3 rings (SSSR count). The van der Waals surface area contributed by atoms with E-state index in [1.54, 1.807) is 5.38 Å². The highest BCUT2D eigenvalue weighted by Crippen LogP contribution is 2.24. The fourth-order valence-electron chi connectivity index (χ4n) is 3.02. The Morgan fingerprint density at radius 3 is 2.58 bits per heavy atom. The number of hydrogen-bond donors (Lipinski definition) is 1.